The summed E-state index contributed by atoms with van der Waals surface area (Å²) in [5.74, 6) is 1.51. The molecule has 0 saturated heterocycles. The predicted octanol–water partition coefficient (Wildman–Crippen LogP) is 2.16. The van der Waals surface area contributed by atoms with Crippen LogP contribution in [0.4, 0.5) is 0 Å². The van der Waals surface area contributed by atoms with Crippen LogP contribution in [0, 0.1) is 0 Å². The summed E-state index contributed by atoms with van der Waals surface area (Å²) in [4.78, 5) is 10.9. The number of esters is 1. The maximum atomic E-state index is 10.9. The molecule has 0 spiro atoms. The Bertz CT molecular complexity index is 500. The second-order valence-electron chi connectivity index (χ2n) is 3.41. The number of rotatable bonds is 3. The standard InChI is InChI=1S/C13H12O4/c1-15-10-4-3-9(12(8-10)16-2)7-11-5-6-13(14)17-11/h3-8H,1-2H3. The molecule has 0 radical (unpaired) electrons. The van der Waals surface area contributed by atoms with Crippen molar-refractivity contribution in [3.8, 4) is 11.5 Å². The number of cyclic esters (lactones) is 1. The van der Waals surface area contributed by atoms with E-state index in [2.05, 4.69) is 0 Å². The van der Waals surface area contributed by atoms with Gasteiger partial charge in [0.05, 0.1) is 14.2 Å². The Hall–Kier alpha value is -2.23. The number of methoxy groups -OCH3 is 2. The van der Waals surface area contributed by atoms with Crippen LogP contribution in [0.25, 0.3) is 6.08 Å². The minimum atomic E-state index is -0.358. The van der Waals surface area contributed by atoms with E-state index in [-0.39, 0.29) is 5.97 Å². The number of hydrogen-bond acceptors (Lipinski definition) is 4. The fraction of sp³-hybridized carbons (Fsp3) is 0.154. The summed E-state index contributed by atoms with van der Waals surface area (Å²) >= 11 is 0. The summed E-state index contributed by atoms with van der Waals surface area (Å²) in [7, 11) is 3.17. The second-order valence-corrected chi connectivity index (χ2v) is 3.41. The van der Waals surface area contributed by atoms with Crippen LogP contribution in [0.3, 0.4) is 0 Å². The van der Waals surface area contributed by atoms with Crippen LogP contribution in [0.15, 0.2) is 36.1 Å². The van der Waals surface area contributed by atoms with Crippen LogP contribution in [-0.2, 0) is 9.53 Å². The molecule has 0 bridgehead atoms. The average molecular weight is 232 g/mol. The molecule has 4 nitrogen and oxygen atoms in total. The largest absolute Gasteiger partial charge is 0.497 e. The Morgan fingerprint density at radius 1 is 1.18 bits per heavy atom. The first kappa shape index (κ1) is 11.3. The molecule has 1 aromatic carbocycles. The number of ether oxygens (including phenoxy) is 3. The molecule has 1 heterocycles. The number of allylic oxidation sites excluding steroid dienone is 1. The molecular formula is C13H12O4. The van der Waals surface area contributed by atoms with Gasteiger partial charge in [-0.3, -0.25) is 0 Å². The van der Waals surface area contributed by atoms with Gasteiger partial charge < -0.3 is 14.2 Å². The summed E-state index contributed by atoms with van der Waals surface area (Å²) in [6.07, 6.45) is 4.73. The van der Waals surface area contributed by atoms with Crippen LogP contribution in [0.5, 0.6) is 11.5 Å². The van der Waals surface area contributed by atoms with E-state index in [0.717, 1.165) is 5.56 Å². The number of carbonyl (C=O) groups is 1. The van der Waals surface area contributed by atoms with Crippen molar-refractivity contribution >= 4 is 12.0 Å². The highest BCUT2D eigenvalue weighted by Crippen LogP contribution is 2.27. The first-order valence-corrected chi connectivity index (χ1v) is 5.06. The summed E-state index contributed by atoms with van der Waals surface area (Å²) in [5, 5.41) is 0. The second kappa shape index (κ2) is 4.74. The molecular weight excluding hydrogens is 220 g/mol. The number of hydrogen-bond donors (Lipinski definition) is 0. The van der Waals surface area contributed by atoms with Crippen LogP contribution in [-0.4, -0.2) is 20.2 Å². The molecule has 0 atom stereocenters. The Kier molecular flexibility index (Phi) is 3.14. The third-order valence-corrected chi connectivity index (χ3v) is 2.34. The lowest BCUT2D eigenvalue weighted by Crippen LogP contribution is -1.92. The molecule has 0 saturated carbocycles. The van der Waals surface area contributed by atoms with E-state index < -0.39 is 0 Å². The van der Waals surface area contributed by atoms with Crippen molar-refractivity contribution in [1.29, 1.82) is 0 Å². The van der Waals surface area contributed by atoms with E-state index in [4.69, 9.17) is 14.2 Å². The molecule has 88 valence electrons. The van der Waals surface area contributed by atoms with Gasteiger partial charge in [-0.1, -0.05) is 0 Å². The SMILES string of the molecule is COc1ccc(C=C2C=CC(=O)O2)c(OC)c1. The van der Waals surface area contributed by atoms with Gasteiger partial charge in [0.1, 0.15) is 17.3 Å². The van der Waals surface area contributed by atoms with E-state index in [1.54, 1.807) is 32.4 Å². The molecule has 0 fully saturated rings. The molecule has 1 aliphatic heterocycles. The van der Waals surface area contributed by atoms with Crippen LogP contribution in [0.2, 0.25) is 0 Å². The fourth-order valence-electron chi connectivity index (χ4n) is 1.50. The fourth-order valence-corrected chi connectivity index (χ4v) is 1.50. The van der Waals surface area contributed by atoms with Crippen LogP contribution in [0.1, 0.15) is 5.56 Å². The van der Waals surface area contributed by atoms with Crippen LogP contribution >= 0.6 is 0 Å². The zero-order valence-corrected chi connectivity index (χ0v) is 9.60. The lowest BCUT2D eigenvalue weighted by Gasteiger charge is -2.07. The summed E-state index contributed by atoms with van der Waals surface area (Å²) in [5.41, 5.74) is 0.822. The van der Waals surface area contributed by atoms with E-state index >= 15 is 0 Å². The van der Waals surface area contributed by atoms with Crippen LogP contribution < -0.4 is 9.47 Å². The van der Waals surface area contributed by atoms with E-state index in [9.17, 15) is 4.79 Å². The van der Waals surface area contributed by atoms with Crippen molar-refractivity contribution in [2.75, 3.05) is 14.2 Å². The minimum Gasteiger partial charge on any atom is -0.497 e. The van der Waals surface area contributed by atoms with Gasteiger partial charge in [0.15, 0.2) is 0 Å². The lowest BCUT2D eigenvalue weighted by molar-refractivity contribution is -0.132. The summed E-state index contributed by atoms with van der Waals surface area (Å²) < 4.78 is 15.3. The zero-order chi connectivity index (χ0) is 12.3. The Morgan fingerprint density at radius 3 is 2.59 bits per heavy atom. The van der Waals surface area contributed by atoms with Crippen molar-refractivity contribution in [2.24, 2.45) is 0 Å². The number of carbonyl (C=O) groups excluding carboxylic acids is 1. The van der Waals surface area contributed by atoms with Crippen molar-refractivity contribution in [3.63, 3.8) is 0 Å². The van der Waals surface area contributed by atoms with Crippen molar-refractivity contribution in [2.45, 2.75) is 0 Å². The topological polar surface area (TPSA) is 44.8 Å². The van der Waals surface area contributed by atoms with Crippen molar-refractivity contribution in [1.82, 2.24) is 0 Å². The third-order valence-electron chi connectivity index (χ3n) is 2.34. The highest BCUT2D eigenvalue weighted by atomic mass is 16.5. The van der Waals surface area contributed by atoms with Gasteiger partial charge in [0.2, 0.25) is 0 Å². The van der Waals surface area contributed by atoms with Gasteiger partial charge in [0.25, 0.3) is 0 Å². The molecule has 1 aromatic rings. The monoisotopic (exact) mass is 232 g/mol. The molecule has 0 N–H and O–H groups in total. The summed E-state index contributed by atoms with van der Waals surface area (Å²) in [6, 6.07) is 5.42. The third kappa shape index (κ3) is 2.47. The Morgan fingerprint density at radius 2 is 2.00 bits per heavy atom. The first-order chi connectivity index (χ1) is 8.22. The lowest BCUT2D eigenvalue weighted by atomic mass is 10.1. The predicted molar refractivity (Wildman–Crippen MR) is 62.8 cm³/mol. The Balaban J connectivity index is 2.33. The van der Waals surface area contributed by atoms with Crippen molar-refractivity contribution in [3.05, 3.63) is 41.7 Å². The van der Waals surface area contributed by atoms with Gasteiger partial charge in [-0.2, -0.15) is 0 Å². The van der Waals surface area contributed by atoms with E-state index in [0.29, 0.717) is 17.3 Å². The molecule has 0 unspecified atom stereocenters. The molecule has 4 heteroatoms. The number of benzene rings is 1. The average Bonchev–Trinajstić information content (AvgIpc) is 2.75. The van der Waals surface area contributed by atoms with Gasteiger partial charge in [0, 0.05) is 17.7 Å². The van der Waals surface area contributed by atoms with Gasteiger partial charge >= 0.3 is 5.97 Å². The van der Waals surface area contributed by atoms with E-state index in [1.165, 1.54) is 6.08 Å². The van der Waals surface area contributed by atoms with E-state index in [1.807, 2.05) is 12.1 Å². The highest BCUT2D eigenvalue weighted by Gasteiger charge is 2.11. The first-order valence-electron chi connectivity index (χ1n) is 5.06. The molecule has 0 aliphatic carbocycles. The summed E-state index contributed by atoms with van der Waals surface area (Å²) in [6.45, 7) is 0. The normalized spacial score (nSPS) is 16.1. The van der Waals surface area contributed by atoms with Gasteiger partial charge in [-0.25, -0.2) is 4.79 Å². The van der Waals surface area contributed by atoms with Gasteiger partial charge in [-0.05, 0) is 24.3 Å². The maximum absolute atomic E-state index is 10.9. The Labute approximate surface area is 99.1 Å². The highest BCUT2D eigenvalue weighted by molar-refractivity contribution is 5.88. The smallest absolute Gasteiger partial charge is 0.336 e. The van der Waals surface area contributed by atoms with Crippen molar-refractivity contribution < 1.29 is 19.0 Å². The quantitative estimate of drug-likeness (QED) is 0.749. The van der Waals surface area contributed by atoms with Gasteiger partial charge in [-0.15, -0.1) is 0 Å². The molecule has 0 aromatic heterocycles. The minimum absolute atomic E-state index is 0.358. The maximum Gasteiger partial charge on any atom is 0.336 e. The molecule has 2 rings (SSSR count). The molecule has 1 aliphatic rings. The molecule has 0 amide bonds. The zero-order valence-electron chi connectivity index (χ0n) is 9.60. The molecule has 17 heavy (non-hydrogen) atoms.